The zero-order valence-electron chi connectivity index (χ0n) is 13.4. The Balaban J connectivity index is 1.47. The van der Waals surface area contributed by atoms with Gasteiger partial charge in [-0.25, -0.2) is 0 Å². The van der Waals surface area contributed by atoms with E-state index in [9.17, 15) is 0 Å². The minimum atomic E-state index is 0.404. The summed E-state index contributed by atoms with van der Waals surface area (Å²) in [4.78, 5) is 2.55. The van der Waals surface area contributed by atoms with E-state index in [4.69, 9.17) is 16.3 Å². The van der Waals surface area contributed by atoms with Crippen LogP contribution in [0.5, 0.6) is 5.75 Å². The highest BCUT2D eigenvalue weighted by molar-refractivity contribution is 6.29. The van der Waals surface area contributed by atoms with Gasteiger partial charge in [0.1, 0.15) is 5.75 Å². The van der Waals surface area contributed by atoms with Crippen LogP contribution in [0.2, 0.25) is 5.15 Å². The summed E-state index contributed by atoms with van der Waals surface area (Å²) in [6.45, 7) is 5.42. The van der Waals surface area contributed by atoms with Crippen LogP contribution in [0.25, 0.3) is 11.3 Å². The number of aromatic nitrogens is 2. The minimum absolute atomic E-state index is 0.404. The fourth-order valence-corrected chi connectivity index (χ4v) is 3.08. The molecule has 1 aliphatic heterocycles. The number of hydrogen-bond acceptors (Lipinski definition) is 4. The Hall–Kier alpha value is -1.65. The average Bonchev–Trinajstić information content (AvgIpc) is 2.98. The highest BCUT2D eigenvalue weighted by Crippen LogP contribution is 2.21. The van der Waals surface area contributed by atoms with Gasteiger partial charge in [0.15, 0.2) is 5.15 Å². The first-order valence-corrected chi connectivity index (χ1v) is 8.57. The van der Waals surface area contributed by atoms with Gasteiger partial charge in [0.25, 0.3) is 0 Å². The van der Waals surface area contributed by atoms with Gasteiger partial charge in [-0.2, -0.15) is 0 Å². The highest BCUT2D eigenvalue weighted by Gasteiger charge is 2.18. The summed E-state index contributed by atoms with van der Waals surface area (Å²) < 4.78 is 5.83. The summed E-state index contributed by atoms with van der Waals surface area (Å²) in [7, 11) is 0. The quantitative estimate of drug-likeness (QED) is 0.748. The molecule has 1 aromatic heterocycles. The molecule has 4 nitrogen and oxygen atoms in total. The SMILES string of the molecule is CC1CCCN1CCCOc1ccc(-c2ccc(Cl)nn2)cc1. The summed E-state index contributed by atoms with van der Waals surface area (Å²) in [5, 5.41) is 8.34. The van der Waals surface area contributed by atoms with Crippen molar-refractivity contribution in [2.24, 2.45) is 0 Å². The van der Waals surface area contributed by atoms with Gasteiger partial charge in [0, 0.05) is 18.2 Å². The van der Waals surface area contributed by atoms with Crippen LogP contribution in [0.4, 0.5) is 0 Å². The van der Waals surface area contributed by atoms with Crippen LogP contribution < -0.4 is 4.74 Å². The van der Waals surface area contributed by atoms with Gasteiger partial charge in [0.05, 0.1) is 12.3 Å². The van der Waals surface area contributed by atoms with E-state index in [2.05, 4.69) is 22.0 Å². The van der Waals surface area contributed by atoms with E-state index in [1.54, 1.807) is 6.07 Å². The molecule has 0 bridgehead atoms. The van der Waals surface area contributed by atoms with E-state index in [0.29, 0.717) is 5.15 Å². The maximum Gasteiger partial charge on any atom is 0.151 e. The lowest BCUT2D eigenvalue weighted by molar-refractivity contribution is 0.230. The Morgan fingerprint density at radius 2 is 2.00 bits per heavy atom. The molecule has 1 aromatic carbocycles. The van der Waals surface area contributed by atoms with Crippen molar-refractivity contribution in [3.63, 3.8) is 0 Å². The molecule has 1 unspecified atom stereocenters. The van der Waals surface area contributed by atoms with E-state index in [1.165, 1.54) is 19.4 Å². The van der Waals surface area contributed by atoms with Crippen molar-refractivity contribution >= 4 is 11.6 Å². The van der Waals surface area contributed by atoms with Crippen LogP contribution in [0.1, 0.15) is 26.2 Å². The van der Waals surface area contributed by atoms with Gasteiger partial charge < -0.3 is 9.64 Å². The Bertz CT molecular complexity index is 615. The number of benzene rings is 1. The monoisotopic (exact) mass is 331 g/mol. The molecule has 23 heavy (non-hydrogen) atoms. The first-order chi connectivity index (χ1) is 11.2. The van der Waals surface area contributed by atoms with Crippen molar-refractivity contribution in [2.75, 3.05) is 19.7 Å². The molecule has 0 N–H and O–H groups in total. The van der Waals surface area contributed by atoms with Gasteiger partial charge in [-0.3, -0.25) is 0 Å². The number of hydrogen-bond donors (Lipinski definition) is 0. The predicted molar refractivity (Wildman–Crippen MR) is 92.9 cm³/mol. The van der Waals surface area contributed by atoms with Crippen LogP contribution in [0, 0.1) is 0 Å². The van der Waals surface area contributed by atoms with Crippen molar-refractivity contribution in [3.8, 4) is 17.0 Å². The van der Waals surface area contributed by atoms with E-state index < -0.39 is 0 Å². The summed E-state index contributed by atoms with van der Waals surface area (Å²) >= 11 is 5.75. The van der Waals surface area contributed by atoms with Crippen molar-refractivity contribution in [1.82, 2.24) is 15.1 Å². The van der Waals surface area contributed by atoms with Crippen LogP contribution in [-0.2, 0) is 0 Å². The van der Waals surface area contributed by atoms with Crippen molar-refractivity contribution < 1.29 is 4.74 Å². The van der Waals surface area contributed by atoms with E-state index in [1.807, 2.05) is 30.3 Å². The Labute approximate surface area is 142 Å². The summed E-state index contributed by atoms with van der Waals surface area (Å²) in [6.07, 6.45) is 3.72. The van der Waals surface area contributed by atoms with Gasteiger partial charge >= 0.3 is 0 Å². The van der Waals surface area contributed by atoms with Gasteiger partial charge in [-0.05, 0) is 69.1 Å². The lowest BCUT2D eigenvalue weighted by Crippen LogP contribution is -2.28. The molecule has 1 aliphatic rings. The molecule has 2 aromatic rings. The van der Waals surface area contributed by atoms with Gasteiger partial charge in [0.2, 0.25) is 0 Å². The number of rotatable bonds is 6. The Morgan fingerprint density at radius 1 is 1.17 bits per heavy atom. The molecule has 0 radical (unpaired) electrons. The molecule has 0 aliphatic carbocycles. The number of ether oxygens (including phenoxy) is 1. The first kappa shape index (κ1) is 16.2. The lowest BCUT2D eigenvalue weighted by Gasteiger charge is -2.20. The smallest absolute Gasteiger partial charge is 0.151 e. The number of halogens is 1. The zero-order valence-corrected chi connectivity index (χ0v) is 14.2. The molecule has 0 saturated carbocycles. The summed E-state index contributed by atoms with van der Waals surface area (Å²) in [5.41, 5.74) is 1.82. The largest absolute Gasteiger partial charge is 0.494 e. The van der Waals surface area contributed by atoms with Gasteiger partial charge in [-0.15, -0.1) is 10.2 Å². The van der Waals surface area contributed by atoms with Crippen molar-refractivity contribution in [3.05, 3.63) is 41.6 Å². The molecule has 1 fully saturated rings. The molecule has 1 atom stereocenters. The zero-order chi connectivity index (χ0) is 16.1. The topological polar surface area (TPSA) is 38.2 Å². The fraction of sp³-hybridized carbons (Fsp3) is 0.444. The van der Waals surface area contributed by atoms with E-state index >= 15 is 0 Å². The standard InChI is InChI=1S/C18H22ClN3O/c1-14-4-2-11-22(14)12-3-13-23-16-7-5-15(6-8-16)17-9-10-18(19)21-20-17/h5-10,14H,2-4,11-13H2,1H3. The van der Waals surface area contributed by atoms with Crippen LogP contribution >= 0.6 is 11.6 Å². The van der Waals surface area contributed by atoms with Crippen LogP contribution in [0.15, 0.2) is 36.4 Å². The Morgan fingerprint density at radius 3 is 2.65 bits per heavy atom. The van der Waals surface area contributed by atoms with Crippen molar-refractivity contribution in [1.29, 1.82) is 0 Å². The lowest BCUT2D eigenvalue weighted by atomic mass is 10.1. The third-order valence-corrected chi connectivity index (χ3v) is 4.53. The molecule has 5 heteroatoms. The molecule has 0 spiro atoms. The molecular weight excluding hydrogens is 310 g/mol. The maximum absolute atomic E-state index is 5.83. The average molecular weight is 332 g/mol. The van der Waals surface area contributed by atoms with E-state index in [0.717, 1.165) is 42.6 Å². The Kier molecular flexibility index (Phi) is 5.47. The predicted octanol–water partition coefficient (Wildman–Crippen LogP) is 4.05. The molecular formula is C18H22ClN3O. The van der Waals surface area contributed by atoms with Crippen molar-refractivity contribution in [2.45, 2.75) is 32.2 Å². The highest BCUT2D eigenvalue weighted by atomic mass is 35.5. The van der Waals surface area contributed by atoms with Gasteiger partial charge in [-0.1, -0.05) is 11.6 Å². The number of nitrogens with zero attached hydrogens (tertiary/aromatic N) is 3. The fourth-order valence-electron chi connectivity index (χ4n) is 2.97. The minimum Gasteiger partial charge on any atom is -0.494 e. The second-order valence-electron chi connectivity index (χ2n) is 5.99. The second kappa shape index (κ2) is 7.75. The number of likely N-dealkylation sites (tertiary alicyclic amines) is 1. The molecule has 3 rings (SSSR count). The summed E-state index contributed by atoms with van der Waals surface area (Å²) in [5.74, 6) is 0.894. The third kappa shape index (κ3) is 4.43. The normalized spacial score (nSPS) is 18.3. The molecule has 1 saturated heterocycles. The van der Waals surface area contributed by atoms with Crippen LogP contribution in [-0.4, -0.2) is 40.8 Å². The van der Waals surface area contributed by atoms with Crippen LogP contribution in [0.3, 0.4) is 0 Å². The second-order valence-corrected chi connectivity index (χ2v) is 6.38. The van der Waals surface area contributed by atoms with E-state index in [-0.39, 0.29) is 0 Å². The molecule has 0 amide bonds. The maximum atomic E-state index is 5.83. The molecule has 122 valence electrons. The summed E-state index contributed by atoms with van der Waals surface area (Å²) in [6, 6.07) is 12.3. The third-order valence-electron chi connectivity index (χ3n) is 4.33. The first-order valence-electron chi connectivity index (χ1n) is 8.19. The molecule has 2 heterocycles.